The quantitative estimate of drug-likeness (QED) is 0.441. The summed E-state index contributed by atoms with van der Waals surface area (Å²) in [5, 5.41) is 6.06. The first-order chi connectivity index (χ1) is 12.8. The van der Waals surface area contributed by atoms with Crippen molar-refractivity contribution in [1.82, 2.24) is 4.98 Å². The molecule has 1 aromatic heterocycles. The van der Waals surface area contributed by atoms with Crippen molar-refractivity contribution in [3.05, 3.63) is 52.7 Å². The van der Waals surface area contributed by atoms with E-state index in [4.69, 9.17) is 17.4 Å². The lowest BCUT2D eigenvalue weighted by atomic mass is 10.1. The van der Waals surface area contributed by atoms with Crippen molar-refractivity contribution in [1.29, 1.82) is 0 Å². The molecule has 0 aliphatic heterocycles. The number of hydrazone groups is 1. The predicted octanol–water partition coefficient (Wildman–Crippen LogP) is 3.43. The Hall–Kier alpha value is -2.37. The first-order valence-electron chi connectivity index (χ1n) is 7.72. The molecular weight excluding hydrogens is 419 g/mol. The van der Waals surface area contributed by atoms with Crippen LogP contribution in [-0.4, -0.2) is 31.7 Å². The van der Waals surface area contributed by atoms with E-state index in [0.29, 0.717) is 16.4 Å². The molecule has 0 bridgehead atoms. The molecule has 0 atom stereocenters. The summed E-state index contributed by atoms with van der Waals surface area (Å²) in [7, 11) is -4.20. The summed E-state index contributed by atoms with van der Waals surface area (Å²) < 4.78 is 61.7. The van der Waals surface area contributed by atoms with Gasteiger partial charge in [-0.05, 0) is 38.1 Å². The van der Waals surface area contributed by atoms with E-state index in [9.17, 15) is 21.6 Å². The Kier molecular flexibility index (Phi) is 6.21. The van der Waals surface area contributed by atoms with Gasteiger partial charge in [-0.3, -0.25) is 5.01 Å². The minimum absolute atomic E-state index is 0.121. The summed E-state index contributed by atoms with van der Waals surface area (Å²) in [6, 6.07) is 7.32. The van der Waals surface area contributed by atoms with E-state index in [-0.39, 0.29) is 21.4 Å². The number of alkyl halides is 3. The molecule has 0 aliphatic rings. The Morgan fingerprint density at radius 1 is 1.25 bits per heavy atom. The molecule has 2 aromatic rings. The zero-order chi connectivity index (χ0) is 21.3. The maximum Gasteiger partial charge on any atom is 0.518 e. The molecule has 0 fully saturated rings. The molecule has 2 rings (SSSR count). The lowest BCUT2D eigenvalue weighted by Crippen LogP contribution is -2.46. The fourth-order valence-corrected chi connectivity index (χ4v) is 3.02. The molecule has 12 heteroatoms. The summed E-state index contributed by atoms with van der Waals surface area (Å²) >= 11 is 5.79. The highest BCUT2D eigenvalue weighted by Crippen LogP contribution is 2.31. The average Bonchev–Trinajstić information content (AvgIpc) is 2.60. The number of rotatable bonds is 5. The second-order valence-corrected chi connectivity index (χ2v) is 8.05. The van der Waals surface area contributed by atoms with Crippen molar-refractivity contribution in [2.75, 3.05) is 16.5 Å². The zero-order valence-corrected chi connectivity index (χ0v) is 16.6. The van der Waals surface area contributed by atoms with Crippen LogP contribution in [0.3, 0.4) is 0 Å². The summed E-state index contributed by atoms with van der Waals surface area (Å²) in [6.07, 6.45) is 1.41. The molecule has 0 saturated heterocycles. The van der Waals surface area contributed by atoms with Crippen LogP contribution in [0.2, 0.25) is 5.02 Å². The van der Waals surface area contributed by atoms with Crippen LogP contribution in [0.15, 0.2) is 41.6 Å². The molecule has 1 aromatic carbocycles. The van der Waals surface area contributed by atoms with Gasteiger partial charge in [0.15, 0.2) is 0 Å². The smallest absolute Gasteiger partial charge is 0.251 e. The normalized spacial score (nSPS) is 12.8. The molecule has 2 N–H and O–H groups in total. The van der Waals surface area contributed by atoms with Crippen molar-refractivity contribution in [3.8, 4) is 0 Å². The first-order valence-corrected chi connectivity index (χ1v) is 9.54. The number of hydrogen-bond acceptors (Lipinski definition) is 6. The standard InChI is InChI=1S/C16H17ClF3N5O2S/c1-10-4-6-14(25(21)28(26,27)16(18,19)20)13(8-10)11(2)23-24(3)15-7-5-12(17)9-22-15/h4-9H,21H2,1-3H3/b23-11+. The number of anilines is 2. The van der Waals surface area contributed by atoms with Crippen molar-refractivity contribution in [2.45, 2.75) is 19.4 Å². The molecule has 0 aliphatic carbocycles. The molecule has 1 heterocycles. The van der Waals surface area contributed by atoms with Crippen LogP contribution in [0, 0.1) is 6.92 Å². The topological polar surface area (TPSA) is 91.9 Å². The number of benzene rings is 1. The van der Waals surface area contributed by atoms with Crippen molar-refractivity contribution in [2.24, 2.45) is 10.9 Å². The summed E-state index contributed by atoms with van der Waals surface area (Å²) in [5.41, 5.74) is -4.87. The number of hydrogen-bond donors (Lipinski definition) is 1. The maximum absolute atomic E-state index is 12.9. The van der Waals surface area contributed by atoms with Crippen molar-refractivity contribution in [3.63, 3.8) is 0 Å². The number of sulfonamides is 1. The first kappa shape index (κ1) is 21.9. The zero-order valence-electron chi connectivity index (χ0n) is 15.1. The third kappa shape index (κ3) is 4.54. The predicted molar refractivity (Wildman–Crippen MR) is 103 cm³/mol. The van der Waals surface area contributed by atoms with Gasteiger partial charge in [0.05, 0.1) is 16.4 Å². The minimum Gasteiger partial charge on any atom is -0.251 e. The van der Waals surface area contributed by atoms with Gasteiger partial charge in [-0.15, -0.1) is 0 Å². The molecule has 0 saturated carbocycles. The van der Waals surface area contributed by atoms with E-state index < -0.39 is 15.5 Å². The van der Waals surface area contributed by atoms with Gasteiger partial charge >= 0.3 is 15.5 Å². The van der Waals surface area contributed by atoms with Gasteiger partial charge in [0.2, 0.25) is 0 Å². The highest BCUT2D eigenvalue weighted by Gasteiger charge is 2.50. The number of nitrogens with zero attached hydrogens (tertiary/aromatic N) is 4. The average molecular weight is 436 g/mol. The van der Waals surface area contributed by atoms with E-state index >= 15 is 0 Å². The van der Waals surface area contributed by atoms with Gasteiger partial charge in [0, 0.05) is 18.8 Å². The van der Waals surface area contributed by atoms with Crippen molar-refractivity contribution >= 4 is 38.8 Å². The van der Waals surface area contributed by atoms with Crippen LogP contribution in [0.1, 0.15) is 18.1 Å². The van der Waals surface area contributed by atoms with Crippen LogP contribution in [-0.2, 0) is 10.0 Å². The Bertz CT molecular complexity index is 994. The SMILES string of the molecule is C/C(=N\N(C)c1ccc(Cl)cn1)c1cc(C)ccc1N(N)S(=O)(=O)C(F)(F)F. The van der Waals surface area contributed by atoms with Crippen LogP contribution < -0.4 is 15.3 Å². The van der Waals surface area contributed by atoms with E-state index in [1.54, 1.807) is 26.1 Å². The summed E-state index contributed by atoms with van der Waals surface area (Å²) in [5.74, 6) is 5.76. The van der Waals surface area contributed by atoms with Gasteiger partial charge < -0.3 is 0 Å². The molecule has 152 valence electrons. The van der Waals surface area contributed by atoms with Crippen LogP contribution in [0.5, 0.6) is 0 Å². The maximum atomic E-state index is 12.9. The molecular formula is C16H17ClF3N5O2S. The van der Waals surface area contributed by atoms with E-state index in [2.05, 4.69) is 10.1 Å². The monoisotopic (exact) mass is 435 g/mol. The Labute approximate surface area is 165 Å². The fourth-order valence-electron chi connectivity index (χ4n) is 2.26. The number of aryl methyl sites for hydroxylation is 1. The highest BCUT2D eigenvalue weighted by molar-refractivity contribution is 7.93. The van der Waals surface area contributed by atoms with E-state index in [1.807, 2.05) is 0 Å². The molecule has 7 nitrogen and oxygen atoms in total. The van der Waals surface area contributed by atoms with Crippen molar-refractivity contribution < 1.29 is 21.6 Å². The second-order valence-electron chi connectivity index (χ2n) is 5.81. The molecule has 28 heavy (non-hydrogen) atoms. The number of pyridine rings is 1. The third-order valence-electron chi connectivity index (χ3n) is 3.67. The van der Waals surface area contributed by atoms with Gasteiger partial charge in [0.25, 0.3) is 0 Å². The molecule has 0 spiro atoms. The highest BCUT2D eigenvalue weighted by atomic mass is 35.5. The third-order valence-corrected chi connectivity index (χ3v) is 5.20. The van der Waals surface area contributed by atoms with Gasteiger partial charge in [-0.1, -0.05) is 23.2 Å². The Morgan fingerprint density at radius 3 is 2.43 bits per heavy atom. The lowest BCUT2D eigenvalue weighted by Gasteiger charge is -2.23. The molecule has 0 unspecified atom stereocenters. The second kappa shape index (κ2) is 7.94. The minimum atomic E-state index is -5.77. The number of halogens is 4. The number of aromatic nitrogens is 1. The van der Waals surface area contributed by atoms with Crippen LogP contribution in [0.25, 0.3) is 0 Å². The number of hydrazine groups is 1. The van der Waals surface area contributed by atoms with Gasteiger partial charge in [-0.2, -0.15) is 31.1 Å². The van der Waals surface area contributed by atoms with E-state index in [0.717, 1.165) is 0 Å². The molecule has 0 radical (unpaired) electrons. The lowest BCUT2D eigenvalue weighted by molar-refractivity contribution is -0.0438. The summed E-state index contributed by atoms with van der Waals surface area (Å²) in [4.78, 5) is 4.08. The fraction of sp³-hybridized carbons (Fsp3) is 0.250. The summed E-state index contributed by atoms with van der Waals surface area (Å²) in [6.45, 7) is 3.21. The number of nitrogens with two attached hydrogens (primary N) is 1. The van der Waals surface area contributed by atoms with Gasteiger partial charge in [0.1, 0.15) is 5.82 Å². The van der Waals surface area contributed by atoms with Crippen LogP contribution >= 0.6 is 11.6 Å². The Balaban J connectivity index is 2.50. The van der Waals surface area contributed by atoms with Gasteiger partial charge in [-0.25, -0.2) is 10.8 Å². The van der Waals surface area contributed by atoms with E-state index in [1.165, 1.54) is 36.3 Å². The largest absolute Gasteiger partial charge is 0.518 e. The van der Waals surface area contributed by atoms with Crippen LogP contribution in [0.4, 0.5) is 24.7 Å². The molecule has 0 amide bonds. The Morgan fingerprint density at radius 2 is 1.89 bits per heavy atom.